The van der Waals surface area contributed by atoms with Crippen LogP contribution in [0, 0.1) is 6.92 Å². The van der Waals surface area contributed by atoms with E-state index in [4.69, 9.17) is 4.42 Å². The quantitative estimate of drug-likeness (QED) is 0.515. The predicted molar refractivity (Wildman–Crippen MR) is 103 cm³/mol. The largest absolute Gasteiger partial charge is 0.422 e. The first-order chi connectivity index (χ1) is 12.7. The van der Waals surface area contributed by atoms with Gasteiger partial charge in [-0.25, -0.2) is 9.78 Å². The Hall–Kier alpha value is -3.08. The van der Waals surface area contributed by atoms with Crippen LogP contribution in [-0.2, 0) is 0 Å². The summed E-state index contributed by atoms with van der Waals surface area (Å²) in [5.74, 6) is 0. The van der Waals surface area contributed by atoms with Crippen LogP contribution in [0.25, 0.3) is 27.9 Å². The summed E-state index contributed by atoms with van der Waals surface area (Å²) < 4.78 is 7.57. The van der Waals surface area contributed by atoms with Crippen molar-refractivity contribution in [1.82, 2.24) is 9.38 Å². The molecule has 1 aromatic carbocycles. The molecule has 0 N–H and O–H groups in total. The van der Waals surface area contributed by atoms with Gasteiger partial charge in [0.1, 0.15) is 11.2 Å². The lowest BCUT2D eigenvalue weighted by Crippen LogP contribution is -2.17. The number of pyridine rings is 1. The fourth-order valence-electron chi connectivity index (χ4n) is 3.68. The molecule has 4 aromatic rings. The lowest BCUT2D eigenvalue weighted by atomic mass is 10.1. The molecule has 3 aromatic heterocycles. The monoisotopic (exact) mass is 345 g/mol. The second-order valence-corrected chi connectivity index (χ2v) is 6.96. The highest BCUT2D eigenvalue weighted by Crippen LogP contribution is 2.27. The van der Waals surface area contributed by atoms with E-state index in [0.717, 1.165) is 35.4 Å². The number of fused-ring (bicyclic) bond motifs is 2. The van der Waals surface area contributed by atoms with Gasteiger partial charge in [-0.3, -0.25) is 0 Å². The number of imidazole rings is 1. The Morgan fingerprint density at radius 3 is 2.73 bits per heavy atom. The zero-order chi connectivity index (χ0) is 17.7. The van der Waals surface area contributed by atoms with Crippen molar-refractivity contribution in [2.45, 2.75) is 19.8 Å². The lowest BCUT2D eigenvalue weighted by molar-refractivity contribution is 0.563. The molecule has 5 rings (SSSR count). The molecule has 0 aliphatic carbocycles. The predicted octanol–water partition coefficient (Wildman–Crippen LogP) is 4.02. The Labute approximate surface area is 150 Å². The van der Waals surface area contributed by atoms with Gasteiger partial charge in [0.25, 0.3) is 0 Å². The molecule has 0 radical (unpaired) electrons. The van der Waals surface area contributed by atoms with E-state index in [-0.39, 0.29) is 5.63 Å². The van der Waals surface area contributed by atoms with Crippen molar-refractivity contribution in [2.24, 2.45) is 0 Å². The highest BCUT2D eigenvalue weighted by molar-refractivity contribution is 5.84. The Bertz CT molecular complexity index is 1180. The third-order valence-electron chi connectivity index (χ3n) is 5.07. The van der Waals surface area contributed by atoms with Gasteiger partial charge in [-0.05, 0) is 49.6 Å². The Morgan fingerprint density at radius 1 is 1.04 bits per heavy atom. The normalized spacial score (nSPS) is 14.6. The molecule has 1 aliphatic heterocycles. The summed E-state index contributed by atoms with van der Waals surface area (Å²) in [5.41, 5.74) is 4.48. The van der Waals surface area contributed by atoms with Crippen LogP contribution >= 0.6 is 0 Å². The Kier molecular flexibility index (Phi) is 3.35. The molecule has 0 unspecified atom stereocenters. The first-order valence-corrected chi connectivity index (χ1v) is 8.96. The number of hydrogen-bond acceptors (Lipinski definition) is 4. The number of aryl methyl sites for hydroxylation is 1. The molecule has 130 valence electrons. The van der Waals surface area contributed by atoms with E-state index in [9.17, 15) is 4.79 Å². The molecule has 0 bridgehead atoms. The van der Waals surface area contributed by atoms with E-state index in [1.807, 2.05) is 54.0 Å². The van der Waals surface area contributed by atoms with Crippen molar-refractivity contribution >= 4 is 22.3 Å². The van der Waals surface area contributed by atoms with E-state index < -0.39 is 0 Å². The van der Waals surface area contributed by atoms with E-state index in [0.29, 0.717) is 16.8 Å². The molecule has 0 spiro atoms. The summed E-state index contributed by atoms with van der Waals surface area (Å²) in [6.45, 7) is 4.16. The lowest BCUT2D eigenvalue weighted by Gasteiger charge is -2.17. The molecule has 26 heavy (non-hydrogen) atoms. The van der Waals surface area contributed by atoms with Gasteiger partial charge in [0, 0.05) is 42.6 Å². The average molecular weight is 345 g/mol. The van der Waals surface area contributed by atoms with Crippen LogP contribution in [0.4, 0.5) is 5.69 Å². The van der Waals surface area contributed by atoms with E-state index >= 15 is 0 Å². The van der Waals surface area contributed by atoms with Gasteiger partial charge in [0.15, 0.2) is 0 Å². The molecule has 1 saturated heterocycles. The van der Waals surface area contributed by atoms with Gasteiger partial charge in [-0.1, -0.05) is 6.07 Å². The molecular weight excluding hydrogens is 326 g/mol. The zero-order valence-corrected chi connectivity index (χ0v) is 14.6. The topological polar surface area (TPSA) is 50.8 Å². The number of benzene rings is 1. The van der Waals surface area contributed by atoms with E-state index in [1.54, 1.807) is 0 Å². The van der Waals surface area contributed by atoms with Crippen LogP contribution < -0.4 is 10.5 Å². The van der Waals surface area contributed by atoms with Crippen molar-refractivity contribution in [3.63, 3.8) is 0 Å². The van der Waals surface area contributed by atoms with Crippen LogP contribution in [0.2, 0.25) is 0 Å². The van der Waals surface area contributed by atoms with Crippen LogP contribution in [0.3, 0.4) is 0 Å². The molecule has 5 heteroatoms. The first kappa shape index (κ1) is 15.2. The van der Waals surface area contributed by atoms with Crippen molar-refractivity contribution in [2.75, 3.05) is 18.0 Å². The third-order valence-corrected chi connectivity index (χ3v) is 5.07. The van der Waals surface area contributed by atoms with Gasteiger partial charge in [0.05, 0.1) is 11.3 Å². The Morgan fingerprint density at radius 2 is 1.88 bits per heavy atom. The van der Waals surface area contributed by atoms with Gasteiger partial charge in [-0.15, -0.1) is 0 Å². The maximum Gasteiger partial charge on any atom is 0.345 e. The number of rotatable bonds is 2. The maximum atomic E-state index is 12.6. The van der Waals surface area contributed by atoms with Gasteiger partial charge in [-0.2, -0.15) is 0 Å². The van der Waals surface area contributed by atoms with E-state index in [2.05, 4.69) is 16.0 Å². The number of aromatic nitrogens is 2. The third kappa shape index (κ3) is 2.47. The minimum Gasteiger partial charge on any atom is -0.422 e. The second-order valence-electron chi connectivity index (χ2n) is 6.96. The fourth-order valence-corrected chi connectivity index (χ4v) is 3.68. The molecule has 1 aliphatic rings. The molecule has 0 atom stereocenters. The SMILES string of the molecule is Cc1ccc2nc(-c3cc4ccc(N5CCCC5)cc4oc3=O)cn2c1. The summed E-state index contributed by atoms with van der Waals surface area (Å²) in [6.07, 6.45) is 6.30. The minimum atomic E-state index is -0.351. The summed E-state index contributed by atoms with van der Waals surface area (Å²) in [7, 11) is 0. The molecular formula is C21H19N3O2. The van der Waals surface area contributed by atoms with Crippen molar-refractivity contribution < 1.29 is 4.42 Å². The first-order valence-electron chi connectivity index (χ1n) is 8.96. The van der Waals surface area contributed by atoms with Crippen molar-refractivity contribution in [3.8, 4) is 11.3 Å². The van der Waals surface area contributed by atoms with Crippen LogP contribution in [0.15, 0.2) is 58.0 Å². The number of hydrogen-bond donors (Lipinski definition) is 0. The summed E-state index contributed by atoms with van der Waals surface area (Å²) in [4.78, 5) is 19.5. The molecule has 1 fully saturated rings. The highest BCUT2D eigenvalue weighted by atomic mass is 16.4. The van der Waals surface area contributed by atoms with Gasteiger partial charge < -0.3 is 13.7 Å². The van der Waals surface area contributed by atoms with Crippen LogP contribution in [0.1, 0.15) is 18.4 Å². The van der Waals surface area contributed by atoms with Gasteiger partial charge in [0.2, 0.25) is 0 Å². The number of nitrogens with zero attached hydrogens (tertiary/aromatic N) is 3. The smallest absolute Gasteiger partial charge is 0.345 e. The number of anilines is 1. The van der Waals surface area contributed by atoms with Crippen LogP contribution in [0.5, 0.6) is 0 Å². The molecule has 4 heterocycles. The summed E-state index contributed by atoms with van der Waals surface area (Å²) >= 11 is 0. The van der Waals surface area contributed by atoms with E-state index in [1.165, 1.54) is 12.8 Å². The average Bonchev–Trinajstić information content (AvgIpc) is 3.30. The molecule has 0 saturated carbocycles. The highest BCUT2D eigenvalue weighted by Gasteiger charge is 2.15. The second kappa shape index (κ2) is 5.73. The summed E-state index contributed by atoms with van der Waals surface area (Å²) in [5, 5.41) is 0.913. The molecule has 5 nitrogen and oxygen atoms in total. The summed E-state index contributed by atoms with van der Waals surface area (Å²) in [6, 6.07) is 11.9. The standard InChI is InChI=1S/C21H19N3O2/c1-14-4-7-20-22-18(13-24(20)12-14)17-10-15-5-6-16(23-8-2-3-9-23)11-19(15)26-21(17)25/h4-7,10-13H,2-3,8-9H2,1H3. The van der Waals surface area contributed by atoms with Gasteiger partial charge >= 0.3 is 5.63 Å². The van der Waals surface area contributed by atoms with Crippen molar-refractivity contribution in [3.05, 3.63) is 64.8 Å². The fraction of sp³-hybridized carbons (Fsp3) is 0.238. The zero-order valence-electron chi connectivity index (χ0n) is 14.6. The van der Waals surface area contributed by atoms with Crippen molar-refractivity contribution in [1.29, 1.82) is 0 Å². The minimum absolute atomic E-state index is 0.351. The maximum absolute atomic E-state index is 12.6. The Balaban J connectivity index is 1.62. The van der Waals surface area contributed by atoms with Crippen LogP contribution in [-0.4, -0.2) is 22.5 Å². The molecule has 0 amide bonds.